The van der Waals surface area contributed by atoms with Crippen LogP contribution in [0.15, 0.2) is 24.3 Å². The summed E-state index contributed by atoms with van der Waals surface area (Å²) in [6.45, 7) is 2.29. The SMILES string of the molecule is CCCC1CCC(Nc2cccc(Cl)c2)CC1. The van der Waals surface area contributed by atoms with Crippen molar-refractivity contribution in [2.24, 2.45) is 5.92 Å². The highest BCUT2D eigenvalue weighted by Crippen LogP contribution is 2.29. The number of rotatable bonds is 4. The molecule has 0 aliphatic heterocycles. The van der Waals surface area contributed by atoms with Gasteiger partial charge in [0.2, 0.25) is 0 Å². The smallest absolute Gasteiger partial charge is 0.0426 e. The Labute approximate surface area is 110 Å². The summed E-state index contributed by atoms with van der Waals surface area (Å²) in [5, 5.41) is 4.41. The van der Waals surface area contributed by atoms with Gasteiger partial charge in [-0.15, -0.1) is 0 Å². The van der Waals surface area contributed by atoms with Crippen LogP contribution >= 0.6 is 11.6 Å². The highest BCUT2D eigenvalue weighted by Gasteiger charge is 2.20. The van der Waals surface area contributed by atoms with Gasteiger partial charge in [-0.25, -0.2) is 0 Å². The van der Waals surface area contributed by atoms with Crippen molar-refractivity contribution >= 4 is 17.3 Å². The fourth-order valence-electron chi connectivity index (χ4n) is 2.82. The summed E-state index contributed by atoms with van der Waals surface area (Å²) >= 11 is 5.99. The van der Waals surface area contributed by atoms with Crippen LogP contribution in [0, 0.1) is 5.92 Å². The highest BCUT2D eigenvalue weighted by molar-refractivity contribution is 6.30. The first-order valence-electron chi connectivity index (χ1n) is 6.80. The average molecular weight is 252 g/mol. The summed E-state index contributed by atoms with van der Waals surface area (Å²) < 4.78 is 0. The molecule has 17 heavy (non-hydrogen) atoms. The van der Waals surface area contributed by atoms with E-state index in [9.17, 15) is 0 Å². The lowest BCUT2D eigenvalue weighted by Gasteiger charge is -2.29. The van der Waals surface area contributed by atoms with Gasteiger partial charge in [0.05, 0.1) is 0 Å². The molecule has 0 saturated heterocycles. The van der Waals surface area contributed by atoms with Crippen molar-refractivity contribution in [1.29, 1.82) is 0 Å². The predicted molar refractivity (Wildman–Crippen MR) is 75.7 cm³/mol. The van der Waals surface area contributed by atoms with E-state index in [0.29, 0.717) is 6.04 Å². The molecule has 2 rings (SSSR count). The molecule has 1 fully saturated rings. The molecular weight excluding hydrogens is 230 g/mol. The standard InChI is InChI=1S/C15H22ClN/c1-2-4-12-7-9-14(10-8-12)17-15-6-3-5-13(16)11-15/h3,5-6,11-12,14,17H,2,4,7-10H2,1H3. The minimum atomic E-state index is 0.640. The van der Waals surface area contributed by atoms with Crippen molar-refractivity contribution in [3.05, 3.63) is 29.3 Å². The molecule has 0 aromatic heterocycles. The van der Waals surface area contributed by atoms with Gasteiger partial charge in [-0.3, -0.25) is 0 Å². The number of hydrogen-bond acceptors (Lipinski definition) is 1. The van der Waals surface area contributed by atoms with Crippen LogP contribution in [0.1, 0.15) is 45.4 Å². The Bertz CT molecular complexity index is 343. The lowest BCUT2D eigenvalue weighted by Crippen LogP contribution is -2.26. The monoisotopic (exact) mass is 251 g/mol. The van der Waals surface area contributed by atoms with Crippen molar-refractivity contribution in [2.75, 3.05) is 5.32 Å². The van der Waals surface area contributed by atoms with Crippen LogP contribution in [0.5, 0.6) is 0 Å². The van der Waals surface area contributed by atoms with E-state index in [1.54, 1.807) is 0 Å². The van der Waals surface area contributed by atoms with Gasteiger partial charge in [-0.05, 0) is 49.8 Å². The zero-order chi connectivity index (χ0) is 12.1. The third-order valence-corrected chi connectivity index (χ3v) is 3.97. The largest absolute Gasteiger partial charge is 0.382 e. The van der Waals surface area contributed by atoms with Gasteiger partial charge in [0.1, 0.15) is 0 Å². The molecule has 1 N–H and O–H groups in total. The number of halogens is 1. The lowest BCUT2D eigenvalue weighted by molar-refractivity contribution is 0.319. The van der Waals surface area contributed by atoms with Gasteiger partial charge in [-0.2, -0.15) is 0 Å². The Morgan fingerprint density at radius 2 is 2.00 bits per heavy atom. The minimum Gasteiger partial charge on any atom is -0.382 e. The summed E-state index contributed by atoms with van der Waals surface area (Å²) in [4.78, 5) is 0. The van der Waals surface area contributed by atoms with Crippen LogP contribution in [0.25, 0.3) is 0 Å². The maximum absolute atomic E-state index is 5.99. The molecule has 1 aliphatic rings. The maximum Gasteiger partial charge on any atom is 0.0426 e. The molecule has 1 saturated carbocycles. The van der Waals surface area contributed by atoms with Crippen LogP contribution in [0.3, 0.4) is 0 Å². The van der Waals surface area contributed by atoms with Gasteiger partial charge in [-0.1, -0.05) is 37.4 Å². The molecule has 94 valence electrons. The van der Waals surface area contributed by atoms with Gasteiger partial charge in [0.25, 0.3) is 0 Å². The first-order valence-corrected chi connectivity index (χ1v) is 7.18. The highest BCUT2D eigenvalue weighted by atomic mass is 35.5. The second kappa shape index (κ2) is 6.30. The van der Waals surface area contributed by atoms with Crippen LogP contribution < -0.4 is 5.32 Å². The van der Waals surface area contributed by atoms with E-state index < -0.39 is 0 Å². The zero-order valence-corrected chi connectivity index (χ0v) is 11.3. The molecule has 2 heteroatoms. The molecular formula is C15H22ClN. The van der Waals surface area contributed by atoms with Crippen molar-refractivity contribution in [1.82, 2.24) is 0 Å². The Morgan fingerprint density at radius 3 is 2.65 bits per heavy atom. The summed E-state index contributed by atoms with van der Waals surface area (Å²) in [5.74, 6) is 0.970. The summed E-state index contributed by atoms with van der Waals surface area (Å²) in [6.07, 6.45) is 8.10. The van der Waals surface area contributed by atoms with Crippen LogP contribution in [-0.2, 0) is 0 Å². The fraction of sp³-hybridized carbons (Fsp3) is 0.600. The molecule has 0 radical (unpaired) electrons. The van der Waals surface area contributed by atoms with Crippen molar-refractivity contribution in [3.8, 4) is 0 Å². The molecule has 0 amide bonds. The molecule has 0 spiro atoms. The van der Waals surface area contributed by atoms with E-state index in [1.807, 2.05) is 18.2 Å². The predicted octanol–water partition coefficient (Wildman–Crippen LogP) is 5.11. The molecule has 1 aromatic carbocycles. The topological polar surface area (TPSA) is 12.0 Å². The quantitative estimate of drug-likeness (QED) is 0.784. The first-order chi connectivity index (χ1) is 8.28. The van der Waals surface area contributed by atoms with Gasteiger partial charge < -0.3 is 5.32 Å². The second-order valence-corrected chi connectivity index (χ2v) is 5.60. The summed E-state index contributed by atoms with van der Waals surface area (Å²) in [7, 11) is 0. The third kappa shape index (κ3) is 3.92. The number of hydrogen-bond donors (Lipinski definition) is 1. The Kier molecular flexibility index (Phi) is 4.73. The molecule has 0 atom stereocenters. The minimum absolute atomic E-state index is 0.640. The molecule has 0 bridgehead atoms. The van der Waals surface area contributed by atoms with Crippen LogP contribution in [0.4, 0.5) is 5.69 Å². The van der Waals surface area contributed by atoms with E-state index in [2.05, 4.69) is 18.3 Å². The zero-order valence-electron chi connectivity index (χ0n) is 10.6. The van der Waals surface area contributed by atoms with Crippen molar-refractivity contribution < 1.29 is 0 Å². The van der Waals surface area contributed by atoms with E-state index in [1.165, 1.54) is 38.5 Å². The number of anilines is 1. The van der Waals surface area contributed by atoms with Crippen molar-refractivity contribution in [2.45, 2.75) is 51.5 Å². The van der Waals surface area contributed by atoms with Crippen LogP contribution in [-0.4, -0.2) is 6.04 Å². The van der Waals surface area contributed by atoms with Gasteiger partial charge >= 0.3 is 0 Å². The van der Waals surface area contributed by atoms with Gasteiger partial charge in [0.15, 0.2) is 0 Å². The number of benzene rings is 1. The van der Waals surface area contributed by atoms with Crippen LogP contribution in [0.2, 0.25) is 5.02 Å². The molecule has 1 aromatic rings. The molecule has 0 unspecified atom stereocenters. The molecule has 0 heterocycles. The average Bonchev–Trinajstić information content (AvgIpc) is 2.32. The maximum atomic E-state index is 5.99. The van der Waals surface area contributed by atoms with E-state index >= 15 is 0 Å². The third-order valence-electron chi connectivity index (χ3n) is 3.74. The van der Waals surface area contributed by atoms with Gasteiger partial charge in [0, 0.05) is 16.8 Å². The normalized spacial score (nSPS) is 24.6. The van der Waals surface area contributed by atoms with Crippen molar-refractivity contribution in [3.63, 3.8) is 0 Å². The van der Waals surface area contributed by atoms with E-state index in [4.69, 9.17) is 11.6 Å². The van der Waals surface area contributed by atoms with E-state index in [-0.39, 0.29) is 0 Å². The molecule has 1 nitrogen and oxygen atoms in total. The first kappa shape index (κ1) is 12.8. The second-order valence-electron chi connectivity index (χ2n) is 5.16. The Balaban J connectivity index is 1.82. The van der Waals surface area contributed by atoms with E-state index in [0.717, 1.165) is 16.6 Å². The summed E-state index contributed by atoms with van der Waals surface area (Å²) in [5.41, 5.74) is 1.16. The molecule has 1 aliphatic carbocycles. The number of nitrogens with one attached hydrogen (secondary N) is 1. The Hall–Kier alpha value is -0.690. The lowest BCUT2D eigenvalue weighted by atomic mass is 9.83. The fourth-order valence-corrected chi connectivity index (χ4v) is 3.01. The summed E-state index contributed by atoms with van der Waals surface area (Å²) in [6, 6.07) is 8.68. The Morgan fingerprint density at radius 1 is 1.24 bits per heavy atom.